The normalized spacial score (nSPS) is 14.5. The van der Waals surface area contributed by atoms with Crippen LogP contribution in [0.4, 0.5) is 14.5 Å². The van der Waals surface area contributed by atoms with E-state index in [9.17, 15) is 18.4 Å². The van der Waals surface area contributed by atoms with E-state index in [-0.39, 0.29) is 34.4 Å². The summed E-state index contributed by atoms with van der Waals surface area (Å²) in [6.45, 7) is 0. The molecule has 3 aromatic rings. The van der Waals surface area contributed by atoms with E-state index in [4.69, 9.17) is 0 Å². The zero-order valence-corrected chi connectivity index (χ0v) is 15.3. The number of hydrogen-bond acceptors (Lipinski definition) is 7. The largest absolute Gasteiger partial charge is 0.586 e. The van der Waals surface area contributed by atoms with Crippen molar-refractivity contribution >= 4 is 44.9 Å². The van der Waals surface area contributed by atoms with Crippen LogP contribution >= 0.6 is 23.1 Å². The zero-order chi connectivity index (χ0) is 19.2. The molecule has 0 atom stereocenters. The van der Waals surface area contributed by atoms with Gasteiger partial charge >= 0.3 is 6.29 Å². The second kappa shape index (κ2) is 6.50. The number of alkyl halides is 2. The molecule has 1 aliphatic rings. The fourth-order valence-electron chi connectivity index (χ4n) is 2.45. The van der Waals surface area contributed by atoms with Crippen molar-refractivity contribution in [1.29, 1.82) is 0 Å². The lowest BCUT2D eigenvalue weighted by Crippen LogP contribution is -2.25. The van der Waals surface area contributed by atoms with Crippen molar-refractivity contribution in [2.45, 2.75) is 11.5 Å². The molecule has 1 amide bonds. The Labute approximate surface area is 158 Å². The Bertz CT molecular complexity index is 1110. The smallest absolute Gasteiger partial charge is 0.395 e. The minimum atomic E-state index is -3.71. The second-order valence-corrected chi connectivity index (χ2v) is 7.42. The number of thioether (sulfide) groups is 1. The maximum Gasteiger partial charge on any atom is 0.586 e. The molecule has 0 saturated heterocycles. The van der Waals surface area contributed by atoms with Gasteiger partial charge in [-0.15, -0.1) is 20.1 Å². The minimum absolute atomic E-state index is 0.0134. The molecule has 1 aliphatic heterocycles. The van der Waals surface area contributed by atoms with Crippen molar-refractivity contribution in [3.8, 4) is 11.5 Å². The maximum atomic E-state index is 13.0. The third-order valence-electron chi connectivity index (χ3n) is 3.66. The Balaban J connectivity index is 1.44. The van der Waals surface area contributed by atoms with Crippen molar-refractivity contribution in [3.63, 3.8) is 0 Å². The van der Waals surface area contributed by atoms with Gasteiger partial charge in [-0.25, -0.2) is 4.98 Å². The minimum Gasteiger partial charge on any atom is -0.395 e. The van der Waals surface area contributed by atoms with E-state index >= 15 is 0 Å². The number of nitrogens with one attached hydrogen (secondary N) is 1. The van der Waals surface area contributed by atoms with Gasteiger partial charge in [0.15, 0.2) is 16.7 Å². The highest BCUT2D eigenvalue weighted by atomic mass is 32.2. The summed E-state index contributed by atoms with van der Waals surface area (Å²) >= 11 is 2.41. The molecule has 1 aromatic carbocycles. The standard InChI is InChI=1S/C16H11F2N3O4S2/c1-21-14(23)13-9(4-5-26-13)20-15(21)27-7-12(22)19-8-2-3-10-11(6-8)25-16(17,18)24-10/h2-6H,7H2,1H3,(H,19,22). The van der Waals surface area contributed by atoms with E-state index in [0.717, 1.165) is 11.8 Å². The molecule has 3 heterocycles. The number of amides is 1. The number of fused-ring (bicyclic) bond motifs is 2. The van der Waals surface area contributed by atoms with Gasteiger partial charge in [-0.1, -0.05) is 11.8 Å². The van der Waals surface area contributed by atoms with Crippen LogP contribution in [0.1, 0.15) is 0 Å². The van der Waals surface area contributed by atoms with Crippen molar-refractivity contribution in [2.75, 3.05) is 11.1 Å². The summed E-state index contributed by atoms with van der Waals surface area (Å²) in [5, 5.41) is 4.77. The lowest BCUT2D eigenvalue weighted by atomic mass is 10.3. The Morgan fingerprint density at radius 3 is 2.93 bits per heavy atom. The van der Waals surface area contributed by atoms with Crippen molar-refractivity contribution in [3.05, 3.63) is 40.0 Å². The summed E-state index contributed by atoms with van der Waals surface area (Å²) in [4.78, 5) is 28.8. The number of thiophene rings is 1. The van der Waals surface area contributed by atoms with Crippen LogP contribution in [0.25, 0.3) is 10.2 Å². The highest BCUT2D eigenvalue weighted by Gasteiger charge is 2.43. The number of anilines is 1. The van der Waals surface area contributed by atoms with Crippen LogP contribution in [0, 0.1) is 0 Å². The molecule has 11 heteroatoms. The first-order valence-electron chi connectivity index (χ1n) is 7.59. The number of ether oxygens (including phenoxy) is 2. The van der Waals surface area contributed by atoms with E-state index in [1.807, 2.05) is 0 Å². The molecule has 0 bridgehead atoms. The number of rotatable bonds is 4. The number of nitrogens with zero attached hydrogens (tertiary/aromatic N) is 2. The highest BCUT2D eigenvalue weighted by Crippen LogP contribution is 2.42. The van der Waals surface area contributed by atoms with Gasteiger partial charge in [0.05, 0.1) is 11.3 Å². The lowest BCUT2D eigenvalue weighted by Gasteiger charge is -2.08. The molecule has 0 saturated carbocycles. The Morgan fingerprint density at radius 2 is 2.11 bits per heavy atom. The number of halogens is 2. The molecule has 0 aliphatic carbocycles. The summed E-state index contributed by atoms with van der Waals surface area (Å²) in [6.07, 6.45) is -3.71. The molecule has 1 N–H and O–H groups in total. The predicted molar refractivity (Wildman–Crippen MR) is 96.9 cm³/mol. The van der Waals surface area contributed by atoms with Crippen LogP contribution < -0.4 is 20.3 Å². The Morgan fingerprint density at radius 1 is 1.33 bits per heavy atom. The number of hydrogen-bond donors (Lipinski definition) is 1. The van der Waals surface area contributed by atoms with Crippen molar-refractivity contribution in [2.24, 2.45) is 7.05 Å². The fraction of sp³-hybridized carbons (Fsp3) is 0.188. The Hall–Kier alpha value is -2.66. The molecule has 0 radical (unpaired) electrons. The van der Waals surface area contributed by atoms with E-state index in [2.05, 4.69) is 19.8 Å². The van der Waals surface area contributed by atoms with Gasteiger partial charge in [0.1, 0.15) is 4.70 Å². The van der Waals surface area contributed by atoms with Gasteiger partial charge in [-0.2, -0.15) is 0 Å². The summed E-state index contributed by atoms with van der Waals surface area (Å²) in [7, 11) is 1.59. The summed E-state index contributed by atoms with van der Waals surface area (Å²) < 4.78 is 36.7. The number of carbonyl (C=O) groups excluding carboxylic acids is 1. The lowest BCUT2D eigenvalue weighted by molar-refractivity contribution is -0.286. The molecule has 2 aromatic heterocycles. The topological polar surface area (TPSA) is 82.5 Å². The Kier molecular flexibility index (Phi) is 4.27. The first kappa shape index (κ1) is 17.7. The van der Waals surface area contributed by atoms with Gasteiger partial charge in [0, 0.05) is 18.8 Å². The second-order valence-electron chi connectivity index (χ2n) is 5.56. The molecular weight excluding hydrogens is 400 g/mol. The van der Waals surface area contributed by atoms with E-state index in [1.165, 1.54) is 34.1 Å². The van der Waals surface area contributed by atoms with Crippen LogP contribution in [0.2, 0.25) is 0 Å². The van der Waals surface area contributed by atoms with Gasteiger partial charge in [-0.05, 0) is 23.6 Å². The first-order chi connectivity index (χ1) is 12.8. The first-order valence-corrected chi connectivity index (χ1v) is 9.46. The van der Waals surface area contributed by atoms with Crippen molar-refractivity contribution in [1.82, 2.24) is 9.55 Å². The van der Waals surface area contributed by atoms with Crippen molar-refractivity contribution < 1.29 is 23.0 Å². The van der Waals surface area contributed by atoms with E-state index in [0.29, 0.717) is 15.4 Å². The molecule has 0 fully saturated rings. The summed E-state index contributed by atoms with van der Waals surface area (Å²) in [5.41, 5.74) is 0.702. The fourth-order valence-corrected chi connectivity index (χ4v) is 4.03. The predicted octanol–water partition coefficient (Wildman–Crippen LogP) is 3.05. The van der Waals surface area contributed by atoms with Gasteiger partial charge in [0.2, 0.25) is 5.91 Å². The molecule has 140 valence electrons. The van der Waals surface area contributed by atoms with Gasteiger partial charge in [0.25, 0.3) is 5.56 Å². The third-order valence-corrected chi connectivity index (χ3v) is 5.59. The van der Waals surface area contributed by atoms with Gasteiger partial charge in [-0.3, -0.25) is 14.2 Å². The maximum absolute atomic E-state index is 13.0. The van der Waals surface area contributed by atoms with Crippen LogP contribution in [0.3, 0.4) is 0 Å². The quantitative estimate of drug-likeness (QED) is 0.525. The molecule has 0 unspecified atom stereocenters. The van der Waals surface area contributed by atoms with Crippen LogP contribution in [0.5, 0.6) is 11.5 Å². The average Bonchev–Trinajstić information content (AvgIpc) is 3.18. The SMILES string of the molecule is Cn1c(SCC(=O)Nc2ccc3c(c2)OC(F)(F)O3)nc2ccsc2c1=O. The summed E-state index contributed by atoms with van der Waals surface area (Å²) in [5.74, 6) is -0.654. The number of benzene rings is 1. The number of aromatic nitrogens is 2. The average molecular weight is 411 g/mol. The monoisotopic (exact) mass is 411 g/mol. The molecule has 0 spiro atoms. The number of carbonyl (C=O) groups is 1. The van der Waals surface area contributed by atoms with Gasteiger partial charge < -0.3 is 14.8 Å². The molecule has 7 nitrogen and oxygen atoms in total. The van der Waals surface area contributed by atoms with Crippen LogP contribution in [-0.4, -0.2) is 27.5 Å². The van der Waals surface area contributed by atoms with Crippen LogP contribution in [0.15, 0.2) is 39.6 Å². The van der Waals surface area contributed by atoms with Crippen LogP contribution in [-0.2, 0) is 11.8 Å². The molecule has 4 rings (SSSR count). The highest BCUT2D eigenvalue weighted by molar-refractivity contribution is 7.99. The van der Waals surface area contributed by atoms with E-state index < -0.39 is 6.29 Å². The molecule has 27 heavy (non-hydrogen) atoms. The molecular formula is C16H11F2N3O4S2. The van der Waals surface area contributed by atoms with E-state index in [1.54, 1.807) is 18.5 Å². The summed E-state index contributed by atoms with van der Waals surface area (Å²) in [6, 6.07) is 5.71. The zero-order valence-electron chi connectivity index (χ0n) is 13.7. The third kappa shape index (κ3) is 3.47.